The van der Waals surface area contributed by atoms with Gasteiger partial charge in [-0.05, 0) is 22.9 Å². The predicted molar refractivity (Wildman–Crippen MR) is 69.3 cm³/mol. The van der Waals surface area contributed by atoms with Gasteiger partial charge in [0.1, 0.15) is 0 Å². The van der Waals surface area contributed by atoms with Crippen LogP contribution in [0.1, 0.15) is 0 Å². The maximum absolute atomic E-state index is 12.3. The van der Waals surface area contributed by atoms with Crippen molar-refractivity contribution in [2.45, 2.75) is 9.10 Å². The predicted octanol–water partition coefficient (Wildman–Crippen LogP) is 2.52. The molecule has 0 saturated heterocycles. The zero-order valence-corrected chi connectivity index (χ0v) is 10.8. The van der Waals surface area contributed by atoms with E-state index in [9.17, 15) is 8.42 Å². The Hall–Kier alpha value is -1.79. The van der Waals surface area contributed by atoms with Crippen molar-refractivity contribution in [2.75, 3.05) is 0 Å². The third-order valence-corrected chi connectivity index (χ3v) is 5.49. The molecule has 0 saturated carbocycles. The van der Waals surface area contributed by atoms with Gasteiger partial charge in [0.05, 0.1) is 11.1 Å². The molecule has 0 fully saturated rings. The van der Waals surface area contributed by atoms with E-state index in [0.29, 0.717) is 0 Å². The Labute approximate surface area is 108 Å². The summed E-state index contributed by atoms with van der Waals surface area (Å²) in [6.07, 6.45) is 1.27. The lowest BCUT2D eigenvalue weighted by Crippen LogP contribution is -1.99. The van der Waals surface area contributed by atoms with Gasteiger partial charge in [0.15, 0.2) is 4.21 Å². The van der Waals surface area contributed by atoms with Gasteiger partial charge in [-0.3, -0.25) is 0 Å². The Bertz CT molecular complexity index is 796. The fourth-order valence-corrected chi connectivity index (χ4v) is 3.72. The van der Waals surface area contributed by atoms with Crippen molar-refractivity contribution in [2.24, 2.45) is 0 Å². The van der Waals surface area contributed by atoms with E-state index in [1.165, 1.54) is 6.20 Å². The van der Waals surface area contributed by atoms with Gasteiger partial charge in [-0.15, -0.1) is 5.10 Å². The summed E-state index contributed by atoms with van der Waals surface area (Å²) in [6.45, 7) is 0. The molecular formula is C12H8N2O2S2. The molecule has 2 aromatic carbocycles. The van der Waals surface area contributed by atoms with Crippen molar-refractivity contribution in [3.05, 3.63) is 48.7 Å². The van der Waals surface area contributed by atoms with Crippen molar-refractivity contribution in [3.8, 4) is 0 Å². The molecule has 90 valence electrons. The van der Waals surface area contributed by atoms with Gasteiger partial charge in [0.2, 0.25) is 9.84 Å². The SMILES string of the molecule is O=S(=O)(c1ccc2ccccc2c1)c1cnns1. The molecule has 0 aliphatic rings. The highest BCUT2D eigenvalue weighted by molar-refractivity contribution is 7.93. The number of hydrogen-bond donors (Lipinski definition) is 0. The maximum atomic E-state index is 12.3. The van der Waals surface area contributed by atoms with Gasteiger partial charge in [-0.25, -0.2) is 8.42 Å². The summed E-state index contributed by atoms with van der Waals surface area (Å²) >= 11 is 0.881. The van der Waals surface area contributed by atoms with Crippen LogP contribution in [0.5, 0.6) is 0 Å². The third-order valence-electron chi connectivity index (χ3n) is 2.64. The third kappa shape index (κ3) is 1.79. The minimum Gasteiger partial charge on any atom is -0.218 e. The van der Waals surface area contributed by atoms with E-state index in [4.69, 9.17) is 0 Å². The van der Waals surface area contributed by atoms with Gasteiger partial charge < -0.3 is 0 Å². The summed E-state index contributed by atoms with van der Waals surface area (Å²) in [4.78, 5) is 0.271. The first-order valence-electron chi connectivity index (χ1n) is 5.19. The molecule has 0 aliphatic heterocycles. The molecule has 0 radical (unpaired) electrons. The van der Waals surface area contributed by atoms with E-state index in [0.717, 1.165) is 22.3 Å². The van der Waals surface area contributed by atoms with Crippen LogP contribution in [0.2, 0.25) is 0 Å². The number of aromatic nitrogens is 2. The molecule has 0 unspecified atom stereocenters. The molecule has 18 heavy (non-hydrogen) atoms. The van der Waals surface area contributed by atoms with E-state index in [1.807, 2.05) is 24.3 Å². The van der Waals surface area contributed by atoms with Crippen molar-refractivity contribution < 1.29 is 8.42 Å². The number of nitrogens with zero attached hydrogens (tertiary/aromatic N) is 2. The van der Waals surface area contributed by atoms with Gasteiger partial charge >= 0.3 is 0 Å². The van der Waals surface area contributed by atoms with Crippen molar-refractivity contribution in [3.63, 3.8) is 0 Å². The molecule has 0 aliphatic carbocycles. The molecule has 3 rings (SSSR count). The summed E-state index contributed by atoms with van der Waals surface area (Å²) in [6, 6.07) is 12.7. The molecule has 1 heterocycles. The minimum absolute atomic E-state index is 0.165. The Morgan fingerprint density at radius 1 is 1.00 bits per heavy atom. The summed E-state index contributed by atoms with van der Waals surface area (Å²) in [5.74, 6) is 0. The lowest BCUT2D eigenvalue weighted by Gasteiger charge is -2.03. The highest BCUT2D eigenvalue weighted by Crippen LogP contribution is 2.25. The van der Waals surface area contributed by atoms with E-state index in [1.54, 1.807) is 18.2 Å². The zero-order valence-electron chi connectivity index (χ0n) is 9.15. The van der Waals surface area contributed by atoms with Gasteiger partial charge in [-0.2, -0.15) is 0 Å². The Morgan fingerprint density at radius 2 is 1.78 bits per heavy atom. The molecule has 0 spiro atoms. The highest BCUT2D eigenvalue weighted by atomic mass is 32.2. The molecule has 0 amide bonds. The van der Waals surface area contributed by atoms with Crippen LogP contribution >= 0.6 is 11.5 Å². The first-order valence-corrected chi connectivity index (χ1v) is 7.45. The average Bonchev–Trinajstić information content (AvgIpc) is 2.92. The second-order valence-electron chi connectivity index (χ2n) is 3.75. The van der Waals surface area contributed by atoms with Crippen LogP contribution in [0.25, 0.3) is 10.8 Å². The maximum Gasteiger partial charge on any atom is 0.219 e. The molecule has 1 aromatic heterocycles. The van der Waals surface area contributed by atoms with Crippen LogP contribution in [0.4, 0.5) is 0 Å². The fraction of sp³-hybridized carbons (Fsp3) is 0. The van der Waals surface area contributed by atoms with E-state index < -0.39 is 9.84 Å². The quantitative estimate of drug-likeness (QED) is 0.721. The van der Waals surface area contributed by atoms with E-state index in [2.05, 4.69) is 9.59 Å². The summed E-state index contributed by atoms with van der Waals surface area (Å²) in [5, 5.41) is 5.48. The lowest BCUT2D eigenvalue weighted by molar-refractivity contribution is 0.598. The van der Waals surface area contributed by atoms with Crippen molar-refractivity contribution in [1.29, 1.82) is 0 Å². The first-order chi connectivity index (χ1) is 8.68. The van der Waals surface area contributed by atoms with Crippen LogP contribution in [0.15, 0.2) is 57.8 Å². The molecule has 0 bridgehead atoms. The van der Waals surface area contributed by atoms with Gasteiger partial charge in [-0.1, -0.05) is 34.8 Å². The normalized spacial score (nSPS) is 11.8. The number of sulfone groups is 1. The highest BCUT2D eigenvalue weighted by Gasteiger charge is 2.20. The minimum atomic E-state index is -3.49. The summed E-state index contributed by atoms with van der Waals surface area (Å²) < 4.78 is 28.3. The monoisotopic (exact) mass is 276 g/mol. The topological polar surface area (TPSA) is 59.9 Å². The molecule has 3 aromatic rings. The van der Waals surface area contributed by atoms with Crippen molar-refractivity contribution in [1.82, 2.24) is 9.59 Å². The number of benzene rings is 2. The summed E-state index contributed by atoms with van der Waals surface area (Å²) in [7, 11) is -3.49. The van der Waals surface area contributed by atoms with Crippen LogP contribution < -0.4 is 0 Å². The average molecular weight is 276 g/mol. The lowest BCUT2D eigenvalue weighted by atomic mass is 10.1. The molecule has 4 nitrogen and oxygen atoms in total. The molecular weight excluding hydrogens is 268 g/mol. The van der Waals surface area contributed by atoms with Gasteiger partial charge in [0, 0.05) is 11.5 Å². The van der Waals surface area contributed by atoms with Crippen LogP contribution in [0.3, 0.4) is 0 Å². The molecule has 6 heteroatoms. The number of fused-ring (bicyclic) bond motifs is 1. The zero-order chi connectivity index (χ0) is 12.6. The van der Waals surface area contributed by atoms with Crippen LogP contribution in [-0.2, 0) is 9.84 Å². The van der Waals surface area contributed by atoms with Crippen LogP contribution in [-0.4, -0.2) is 18.0 Å². The van der Waals surface area contributed by atoms with Crippen molar-refractivity contribution >= 4 is 32.1 Å². The largest absolute Gasteiger partial charge is 0.219 e. The first kappa shape index (κ1) is 11.3. The van der Waals surface area contributed by atoms with Gasteiger partial charge in [0.25, 0.3) is 0 Å². The Morgan fingerprint density at radius 3 is 2.50 bits per heavy atom. The second kappa shape index (κ2) is 4.15. The number of rotatable bonds is 2. The second-order valence-corrected chi connectivity index (χ2v) is 6.71. The van der Waals surface area contributed by atoms with E-state index in [-0.39, 0.29) is 9.10 Å². The summed E-state index contributed by atoms with van der Waals surface area (Å²) in [5.41, 5.74) is 0. The fourth-order valence-electron chi connectivity index (χ4n) is 1.73. The van der Waals surface area contributed by atoms with Crippen LogP contribution in [0, 0.1) is 0 Å². The Balaban J connectivity index is 2.21. The molecule has 0 atom stereocenters. The smallest absolute Gasteiger partial charge is 0.218 e. The number of hydrogen-bond acceptors (Lipinski definition) is 5. The standard InChI is InChI=1S/C12H8N2O2S2/c15-18(16,12-8-13-14-17-12)11-6-5-9-3-1-2-4-10(9)7-11/h1-8H. The Kier molecular flexibility index (Phi) is 2.61. The van der Waals surface area contributed by atoms with E-state index >= 15 is 0 Å². The molecule has 0 N–H and O–H groups in total.